The second-order valence-electron chi connectivity index (χ2n) is 5.53. The maximum Gasteiger partial charge on any atom is 0.191 e. The third-order valence-electron chi connectivity index (χ3n) is 3.45. The van der Waals surface area contributed by atoms with Gasteiger partial charge in [0.25, 0.3) is 0 Å². The van der Waals surface area contributed by atoms with Crippen LogP contribution in [0, 0.1) is 6.92 Å². The number of benzene rings is 1. The summed E-state index contributed by atoms with van der Waals surface area (Å²) >= 11 is 1.84. The van der Waals surface area contributed by atoms with E-state index in [4.69, 9.17) is 4.99 Å². The van der Waals surface area contributed by atoms with Crippen LogP contribution in [0.15, 0.2) is 29.3 Å². The number of nitrogens with one attached hydrogen (secondary N) is 2. The highest BCUT2D eigenvalue weighted by molar-refractivity contribution is 14.0. The van der Waals surface area contributed by atoms with Crippen molar-refractivity contribution in [2.45, 2.75) is 19.9 Å². The third kappa shape index (κ3) is 8.81. The molecule has 0 heterocycles. The number of hydrogen-bond donors (Lipinski definition) is 2. The zero-order valence-electron chi connectivity index (χ0n) is 14.9. The summed E-state index contributed by atoms with van der Waals surface area (Å²) < 4.78 is 0. The van der Waals surface area contributed by atoms with Crippen LogP contribution in [-0.2, 0) is 0 Å². The number of hydrogen-bond acceptors (Lipinski definition) is 3. The molecule has 2 N–H and O–H groups in total. The van der Waals surface area contributed by atoms with Gasteiger partial charge in [-0.2, -0.15) is 11.8 Å². The first kappa shape index (κ1) is 22.5. The molecule has 1 rings (SSSR count). The normalized spacial score (nSPS) is 12.7. The van der Waals surface area contributed by atoms with Crippen molar-refractivity contribution in [2.75, 3.05) is 45.7 Å². The molecule has 0 spiro atoms. The highest BCUT2D eigenvalue weighted by Crippen LogP contribution is 2.19. The minimum atomic E-state index is 0. The lowest BCUT2D eigenvalue weighted by Gasteiger charge is -2.24. The van der Waals surface area contributed by atoms with E-state index < -0.39 is 0 Å². The molecule has 0 radical (unpaired) electrons. The summed E-state index contributed by atoms with van der Waals surface area (Å²) in [5.41, 5.74) is 2.59. The Morgan fingerprint density at radius 1 is 1.22 bits per heavy atom. The monoisotopic (exact) mass is 450 g/mol. The van der Waals surface area contributed by atoms with Gasteiger partial charge < -0.3 is 15.5 Å². The van der Waals surface area contributed by atoms with E-state index in [1.54, 1.807) is 0 Å². The molecule has 0 bridgehead atoms. The van der Waals surface area contributed by atoms with Crippen LogP contribution in [-0.4, -0.2) is 56.6 Å². The number of aryl methyl sites for hydroxylation is 1. The van der Waals surface area contributed by atoms with E-state index in [0.717, 1.165) is 31.3 Å². The summed E-state index contributed by atoms with van der Waals surface area (Å²) in [5.74, 6) is 1.98. The molecular formula is C17H31IN4S. The summed E-state index contributed by atoms with van der Waals surface area (Å²) in [4.78, 5) is 6.97. The van der Waals surface area contributed by atoms with Crippen molar-refractivity contribution in [3.05, 3.63) is 35.4 Å². The van der Waals surface area contributed by atoms with Gasteiger partial charge in [0.1, 0.15) is 0 Å². The Balaban J connectivity index is 0.00000484. The first-order valence-corrected chi connectivity index (χ1v) is 9.22. The van der Waals surface area contributed by atoms with Crippen molar-refractivity contribution in [1.82, 2.24) is 15.5 Å². The van der Waals surface area contributed by atoms with Gasteiger partial charge in [-0.05, 0) is 39.8 Å². The Morgan fingerprint density at radius 3 is 2.39 bits per heavy atom. The second-order valence-corrected chi connectivity index (χ2v) is 6.51. The molecule has 1 unspecified atom stereocenters. The van der Waals surface area contributed by atoms with Gasteiger partial charge in [-0.3, -0.25) is 4.99 Å². The number of thioether (sulfide) groups is 1. The Morgan fingerprint density at radius 2 is 1.87 bits per heavy atom. The fourth-order valence-electron chi connectivity index (χ4n) is 2.15. The summed E-state index contributed by atoms with van der Waals surface area (Å²) in [6.45, 7) is 6.76. The predicted octanol–water partition coefficient (Wildman–Crippen LogP) is 3.13. The average Bonchev–Trinajstić information content (AvgIpc) is 2.49. The van der Waals surface area contributed by atoms with Crippen LogP contribution in [0.2, 0.25) is 0 Å². The molecule has 1 atom stereocenters. The standard InChI is InChI=1S/C17H30N4S.HI/c1-6-18-17(19-11-12-22-5)20-13-16(21(3)4)15-9-7-14(2)8-10-15;/h7-10,16H,6,11-13H2,1-5H3,(H2,18,19,20);1H. The SMILES string of the molecule is CCNC(=NCC(c1ccc(C)cc1)N(C)C)NCCSC.I. The Labute approximate surface area is 162 Å². The quantitative estimate of drug-likeness (QED) is 0.276. The Bertz CT molecular complexity index is 448. The molecule has 1 aromatic carbocycles. The highest BCUT2D eigenvalue weighted by atomic mass is 127. The lowest BCUT2D eigenvalue weighted by atomic mass is 10.0. The fourth-order valence-corrected chi connectivity index (χ4v) is 2.45. The lowest BCUT2D eigenvalue weighted by Crippen LogP contribution is -2.39. The van der Waals surface area contributed by atoms with Crippen molar-refractivity contribution in [3.8, 4) is 0 Å². The zero-order valence-corrected chi connectivity index (χ0v) is 18.1. The molecular weight excluding hydrogens is 419 g/mol. The maximum absolute atomic E-state index is 4.75. The zero-order chi connectivity index (χ0) is 16.4. The van der Waals surface area contributed by atoms with Gasteiger partial charge in [-0.25, -0.2) is 0 Å². The number of nitrogens with zero attached hydrogens (tertiary/aromatic N) is 2. The Hall–Kier alpha value is -0.470. The molecule has 6 heteroatoms. The van der Waals surface area contributed by atoms with Gasteiger partial charge in [-0.15, -0.1) is 24.0 Å². The minimum absolute atomic E-state index is 0. The van der Waals surface area contributed by atoms with Crippen molar-refractivity contribution in [2.24, 2.45) is 4.99 Å². The molecule has 0 fully saturated rings. The molecule has 132 valence electrons. The van der Waals surface area contributed by atoms with E-state index in [9.17, 15) is 0 Å². The van der Waals surface area contributed by atoms with Crippen molar-refractivity contribution in [1.29, 1.82) is 0 Å². The largest absolute Gasteiger partial charge is 0.357 e. The number of aliphatic imine (C=N–C) groups is 1. The van der Waals surface area contributed by atoms with E-state index >= 15 is 0 Å². The molecule has 0 aliphatic heterocycles. The number of rotatable bonds is 8. The van der Waals surface area contributed by atoms with Crippen LogP contribution in [0.3, 0.4) is 0 Å². The molecule has 0 amide bonds. The molecule has 0 saturated carbocycles. The Kier molecular flexibility index (Phi) is 12.6. The van der Waals surface area contributed by atoms with Crippen LogP contribution in [0.1, 0.15) is 24.1 Å². The number of guanidine groups is 1. The van der Waals surface area contributed by atoms with Gasteiger partial charge in [0.2, 0.25) is 0 Å². The van der Waals surface area contributed by atoms with Gasteiger partial charge >= 0.3 is 0 Å². The molecule has 0 aliphatic rings. The molecule has 0 aliphatic carbocycles. The molecule has 0 aromatic heterocycles. The molecule has 4 nitrogen and oxygen atoms in total. The first-order chi connectivity index (χ1) is 10.6. The third-order valence-corrected chi connectivity index (χ3v) is 4.06. The van der Waals surface area contributed by atoms with Crippen LogP contribution in [0.4, 0.5) is 0 Å². The number of halogens is 1. The van der Waals surface area contributed by atoms with Gasteiger partial charge in [0.15, 0.2) is 5.96 Å². The van der Waals surface area contributed by atoms with Crippen LogP contribution >= 0.6 is 35.7 Å². The average molecular weight is 450 g/mol. The summed E-state index contributed by atoms with van der Waals surface area (Å²) in [5, 5.41) is 6.68. The fraction of sp³-hybridized carbons (Fsp3) is 0.588. The molecule has 0 saturated heterocycles. The maximum atomic E-state index is 4.75. The van der Waals surface area contributed by atoms with Crippen molar-refractivity contribution >= 4 is 41.7 Å². The van der Waals surface area contributed by atoms with E-state index in [1.165, 1.54) is 11.1 Å². The van der Waals surface area contributed by atoms with Crippen LogP contribution in [0.25, 0.3) is 0 Å². The van der Waals surface area contributed by atoms with E-state index in [-0.39, 0.29) is 30.0 Å². The lowest BCUT2D eigenvalue weighted by molar-refractivity contribution is 0.306. The summed E-state index contributed by atoms with van der Waals surface area (Å²) in [7, 11) is 4.21. The van der Waals surface area contributed by atoms with Crippen LogP contribution < -0.4 is 10.6 Å². The predicted molar refractivity (Wildman–Crippen MR) is 115 cm³/mol. The van der Waals surface area contributed by atoms with Gasteiger partial charge in [0.05, 0.1) is 12.6 Å². The molecule has 1 aromatic rings. The van der Waals surface area contributed by atoms with Crippen molar-refractivity contribution < 1.29 is 0 Å². The topological polar surface area (TPSA) is 39.7 Å². The highest BCUT2D eigenvalue weighted by Gasteiger charge is 2.13. The first-order valence-electron chi connectivity index (χ1n) is 7.82. The summed E-state index contributed by atoms with van der Waals surface area (Å²) in [6.07, 6.45) is 2.12. The van der Waals surface area contributed by atoms with E-state index in [2.05, 4.69) is 74.0 Å². The minimum Gasteiger partial charge on any atom is -0.357 e. The summed E-state index contributed by atoms with van der Waals surface area (Å²) in [6, 6.07) is 9.01. The van der Waals surface area contributed by atoms with Gasteiger partial charge in [0, 0.05) is 18.8 Å². The second kappa shape index (κ2) is 12.9. The van der Waals surface area contributed by atoms with E-state index in [1.807, 2.05) is 11.8 Å². The molecule has 23 heavy (non-hydrogen) atoms. The van der Waals surface area contributed by atoms with Crippen LogP contribution in [0.5, 0.6) is 0 Å². The van der Waals surface area contributed by atoms with Gasteiger partial charge in [-0.1, -0.05) is 29.8 Å². The van der Waals surface area contributed by atoms with E-state index in [0.29, 0.717) is 0 Å². The van der Waals surface area contributed by atoms with Crippen molar-refractivity contribution in [3.63, 3.8) is 0 Å². The smallest absolute Gasteiger partial charge is 0.191 e. The number of likely N-dealkylation sites (N-methyl/N-ethyl adjacent to an activating group) is 1.